The second-order valence-corrected chi connectivity index (χ2v) is 7.63. The molecule has 6 heteroatoms. The van der Waals surface area contributed by atoms with Gasteiger partial charge in [0.25, 0.3) is 0 Å². The molecule has 2 unspecified atom stereocenters. The summed E-state index contributed by atoms with van der Waals surface area (Å²) in [4.78, 5) is 12.5. The third kappa shape index (κ3) is 5.54. The fourth-order valence-corrected chi connectivity index (χ4v) is 3.34. The number of carbonyl (C=O) groups excluding carboxylic acids is 1. The minimum absolute atomic E-state index is 0.00250. The topological polar surface area (TPSA) is 62.4 Å². The molecule has 0 radical (unpaired) electrons. The van der Waals surface area contributed by atoms with E-state index in [1.807, 2.05) is 42.5 Å². The molecular formula is C21H26BrN3O2. The third-order valence-electron chi connectivity index (χ3n) is 4.65. The van der Waals surface area contributed by atoms with Crippen molar-refractivity contribution in [2.24, 2.45) is 0 Å². The lowest BCUT2D eigenvalue weighted by atomic mass is 10.0. The Balaban J connectivity index is 1.55. The zero-order chi connectivity index (χ0) is 19.1. The molecule has 3 N–H and O–H groups in total. The maximum atomic E-state index is 12.5. The van der Waals surface area contributed by atoms with Crippen molar-refractivity contribution in [3.63, 3.8) is 0 Å². The van der Waals surface area contributed by atoms with E-state index in [1.54, 1.807) is 0 Å². The highest BCUT2D eigenvalue weighted by Crippen LogP contribution is 2.30. The summed E-state index contributed by atoms with van der Waals surface area (Å²) in [6.45, 7) is 3.38. The van der Waals surface area contributed by atoms with E-state index in [2.05, 4.69) is 45.1 Å². The normalized spacial score (nSPS) is 19.0. The van der Waals surface area contributed by atoms with Gasteiger partial charge in [0.15, 0.2) is 0 Å². The van der Waals surface area contributed by atoms with E-state index >= 15 is 0 Å². The lowest BCUT2D eigenvalue weighted by Crippen LogP contribution is -2.42. The van der Waals surface area contributed by atoms with Crippen molar-refractivity contribution in [3.05, 3.63) is 64.1 Å². The van der Waals surface area contributed by atoms with Gasteiger partial charge in [-0.3, -0.25) is 4.79 Å². The first kappa shape index (κ1) is 19.9. The number of para-hydroxylation sites is 1. The van der Waals surface area contributed by atoms with Crippen LogP contribution in [0.15, 0.2) is 53.0 Å². The van der Waals surface area contributed by atoms with Gasteiger partial charge in [-0.2, -0.15) is 0 Å². The highest BCUT2D eigenvalue weighted by molar-refractivity contribution is 9.10. The zero-order valence-corrected chi connectivity index (χ0v) is 17.1. The molecule has 0 saturated carbocycles. The molecule has 1 saturated heterocycles. The summed E-state index contributed by atoms with van der Waals surface area (Å²) in [6.07, 6.45) is 2.82. The molecule has 2 aromatic rings. The number of carbonyl (C=O) groups is 1. The highest BCUT2D eigenvalue weighted by atomic mass is 79.9. The number of rotatable bonds is 8. The summed E-state index contributed by atoms with van der Waals surface area (Å²) in [5, 5.41) is 3.00. The van der Waals surface area contributed by atoms with Gasteiger partial charge in [0.2, 0.25) is 5.91 Å². The summed E-state index contributed by atoms with van der Waals surface area (Å²) in [7, 11) is 0. The number of benzene rings is 2. The molecule has 1 aliphatic rings. The molecule has 2 aromatic carbocycles. The van der Waals surface area contributed by atoms with Gasteiger partial charge < -0.3 is 10.1 Å². The van der Waals surface area contributed by atoms with E-state index in [9.17, 15) is 4.79 Å². The second kappa shape index (κ2) is 9.88. The average molecular weight is 432 g/mol. The summed E-state index contributed by atoms with van der Waals surface area (Å²) in [5.41, 5.74) is 8.52. The van der Waals surface area contributed by atoms with Crippen LogP contribution in [0, 0.1) is 0 Å². The standard InChI is InChI=1S/C21H26BrN3O2/c1-2-3-12-27-20-7-5-4-6-17(20)18-13-19(25-24-18)21(26)23-14-15-8-10-16(22)11-9-15/h4-11,18-19,24-25H,2-3,12-14H2,1H3,(H,23,26). The molecule has 0 aliphatic carbocycles. The Morgan fingerprint density at radius 1 is 1.19 bits per heavy atom. The van der Waals surface area contributed by atoms with Crippen LogP contribution in [0.3, 0.4) is 0 Å². The molecule has 27 heavy (non-hydrogen) atoms. The Bertz CT molecular complexity index is 751. The Morgan fingerprint density at radius 2 is 1.96 bits per heavy atom. The van der Waals surface area contributed by atoms with Crippen molar-refractivity contribution >= 4 is 21.8 Å². The molecule has 1 amide bonds. The molecule has 0 spiro atoms. The summed E-state index contributed by atoms with van der Waals surface area (Å²) < 4.78 is 6.96. The minimum atomic E-state index is -0.269. The molecule has 144 valence electrons. The van der Waals surface area contributed by atoms with Crippen LogP contribution < -0.4 is 20.9 Å². The van der Waals surface area contributed by atoms with Crippen molar-refractivity contribution in [1.29, 1.82) is 0 Å². The van der Waals surface area contributed by atoms with Crippen LogP contribution in [0.1, 0.15) is 43.4 Å². The van der Waals surface area contributed by atoms with E-state index in [0.717, 1.165) is 34.2 Å². The third-order valence-corrected chi connectivity index (χ3v) is 5.18. The van der Waals surface area contributed by atoms with Crippen molar-refractivity contribution < 1.29 is 9.53 Å². The minimum Gasteiger partial charge on any atom is -0.493 e. The van der Waals surface area contributed by atoms with Crippen molar-refractivity contribution in [2.75, 3.05) is 6.61 Å². The van der Waals surface area contributed by atoms with Crippen molar-refractivity contribution in [3.8, 4) is 5.75 Å². The van der Waals surface area contributed by atoms with Crippen molar-refractivity contribution in [1.82, 2.24) is 16.2 Å². The Hall–Kier alpha value is -1.89. The lowest BCUT2D eigenvalue weighted by Gasteiger charge is -2.16. The average Bonchev–Trinajstić information content (AvgIpc) is 3.18. The molecule has 1 aliphatic heterocycles. The first-order chi connectivity index (χ1) is 13.2. The smallest absolute Gasteiger partial charge is 0.238 e. The van der Waals surface area contributed by atoms with Gasteiger partial charge in [0.1, 0.15) is 11.8 Å². The van der Waals surface area contributed by atoms with Crippen LogP contribution in [0.5, 0.6) is 5.75 Å². The molecule has 5 nitrogen and oxygen atoms in total. The number of halogens is 1. The van der Waals surface area contributed by atoms with Gasteiger partial charge in [-0.15, -0.1) is 0 Å². The summed E-state index contributed by atoms with van der Waals surface area (Å²) >= 11 is 3.42. The predicted octanol–water partition coefficient (Wildman–Crippen LogP) is 3.85. The number of amides is 1. The molecule has 1 heterocycles. The fraction of sp³-hybridized carbons (Fsp3) is 0.381. The summed E-state index contributed by atoms with van der Waals surface area (Å²) in [6, 6.07) is 15.8. The monoisotopic (exact) mass is 431 g/mol. The zero-order valence-electron chi connectivity index (χ0n) is 15.5. The predicted molar refractivity (Wildman–Crippen MR) is 110 cm³/mol. The van der Waals surface area contributed by atoms with Crippen LogP contribution in [0.25, 0.3) is 0 Å². The fourth-order valence-electron chi connectivity index (χ4n) is 3.07. The van der Waals surface area contributed by atoms with Gasteiger partial charge in [-0.25, -0.2) is 10.9 Å². The molecule has 1 fully saturated rings. The van der Waals surface area contributed by atoms with E-state index in [1.165, 1.54) is 0 Å². The summed E-state index contributed by atoms with van der Waals surface area (Å²) in [5.74, 6) is 0.887. The number of hydrogen-bond donors (Lipinski definition) is 3. The SMILES string of the molecule is CCCCOc1ccccc1C1CC(C(=O)NCc2ccc(Br)cc2)NN1. The van der Waals surface area contributed by atoms with E-state index in [-0.39, 0.29) is 18.0 Å². The number of unbranched alkanes of at least 4 members (excludes halogenated alkanes) is 1. The molecule has 2 atom stereocenters. The van der Waals surface area contributed by atoms with Crippen LogP contribution in [0.2, 0.25) is 0 Å². The van der Waals surface area contributed by atoms with Crippen molar-refractivity contribution in [2.45, 2.75) is 44.8 Å². The number of hydrazine groups is 1. The first-order valence-corrected chi connectivity index (χ1v) is 10.2. The number of hydrogen-bond acceptors (Lipinski definition) is 4. The largest absolute Gasteiger partial charge is 0.493 e. The second-order valence-electron chi connectivity index (χ2n) is 6.71. The maximum absolute atomic E-state index is 12.5. The van der Waals surface area contributed by atoms with Gasteiger partial charge in [0.05, 0.1) is 12.6 Å². The van der Waals surface area contributed by atoms with Gasteiger partial charge >= 0.3 is 0 Å². The molecule has 3 rings (SSSR count). The van der Waals surface area contributed by atoms with Crippen LogP contribution >= 0.6 is 15.9 Å². The van der Waals surface area contributed by atoms with Crippen LogP contribution in [0.4, 0.5) is 0 Å². The quantitative estimate of drug-likeness (QED) is 0.555. The van der Waals surface area contributed by atoms with E-state index in [4.69, 9.17) is 4.74 Å². The van der Waals surface area contributed by atoms with Gasteiger partial charge in [-0.05, 0) is 36.6 Å². The Labute approximate surface area is 169 Å². The first-order valence-electron chi connectivity index (χ1n) is 9.42. The number of ether oxygens (including phenoxy) is 1. The van der Waals surface area contributed by atoms with Crippen LogP contribution in [-0.4, -0.2) is 18.6 Å². The highest BCUT2D eigenvalue weighted by Gasteiger charge is 2.31. The lowest BCUT2D eigenvalue weighted by molar-refractivity contribution is -0.123. The van der Waals surface area contributed by atoms with Gasteiger partial charge in [-0.1, -0.05) is 59.6 Å². The maximum Gasteiger partial charge on any atom is 0.238 e. The van der Waals surface area contributed by atoms with E-state index < -0.39 is 0 Å². The Morgan fingerprint density at radius 3 is 2.74 bits per heavy atom. The molecule has 0 aromatic heterocycles. The van der Waals surface area contributed by atoms with E-state index in [0.29, 0.717) is 19.6 Å². The number of nitrogens with one attached hydrogen (secondary N) is 3. The Kier molecular flexibility index (Phi) is 7.26. The molecular weight excluding hydrogens is 406 g/mol. The van der Waals surface area contributed by atoms with Gasteiger partial charge in [0, 0.05) is 16.6 Å². The van der Waals surface area contributed by atoms with Crippen LogP contribution in [-0.2, 0) is 11.3 Å². The molecule has 0 bridgehead atoms.